The lowest BCUT2D eigenvalue weighted by atomic mass is 9.85. The van der Waals surface area contributed by atoms with Crippen molar-refractivity contribution in [3.05, 3.63) is 20.9 Å². The van der Waals surface area contributed by atoms with Crippen LogP contribution in [0.4, 0.5) is 0 Å². The lowest BCUT2D eigenvalue weighted by Gasteiger charge is -2.20. The summed E-state index contributed by atoms with van der Waals surface area (Å²) in [6.45, 7) is 5.43. The second-order valence-corrected chi connectivity index (χ2v) is 11.9. The summed E-state index contributed by atoms with van der Waals surface area (Å²) in [6, 6.07) is 0.0935. The van der Waals surface area contributed by atoms with Gasteiger partial charge >= 0.3 is 0 Å². The molecular weight excluding hydrogens is 500 g/mol. The first-order valence-corrected chi connectivity index (χ1v) is 13.8. The molecule has 2 aliphatic rings. The Morgan fingerprint density at radius 1 is 1.07 bits per heavy atom. The van der Waals surface area contributed by atoms with E-state index < -0.39 is 7.37 Å². The Balaban J connectivity index is 0.000000326. The quantitative estimate of drug-likeness (QED) is 0.0704. The molecular formula is C17H30B2IN6O2P. The highest BCUT2D eigenvalue weighted by Crippen LogP contribution is 2.47. The predicted octanol–water partition coefficient (Wildman–Crippen LogP) is 6.22. The van der Waals surface area contributed by atoms with Crippen LogP contribution in [0.15, 0.2) is 10.2 Å². The first-order valence-electron chi connectivity index (χ1n) is 10.0. The molecule has 0 aromatic carbocycles. The number of azide groups is 2. The molecule has 2 aliphatic carbocycles. The number of alkyl halides is 1. The maximum Gasteiger partial charge on any atom is 0.200 e. The van der Waals surface area contributed by atoms with Gasteiger partial charge in [0.2, 0.25) is 0 Å². The third kappa shape index (κ3) is 10.0. The Bertz CT molecular complexity index is 660. The zero-order valence-electron chi connectivity index (χ0n) is 17.5. The molecule has 7 atom stereocenters. The fourth-order valence-corrected chi connectivity index (χ4v) is 6.82. The second kappa shape index (κ2) is 13.2. The Labute approximate surface area is 190 Å². The van der Waals surface area contributed by atoms with Crippen molar-refractivity contribution in [1.29, 1.82) is 0 Å². The van der Waals surface area contributed by atoms with Gasteiger partial charge in [0.15, 0.2) is 7.37 Å². The van der Waals surface area contributed by atoms with Crippen molar-refractivity contribution in [3.63, 3.8) is 0 Å². The van der Waals surface area contributed by atoms with Crippen LogP contribution in [0, 0.1) is 11.8 Å². The maximum absolute atomic E-state index is 12.2. The van der Waals surface area contributed by atoms with E-state index in [-0.39, 0.29) is 35.7 Å². The van der Waals surface area contributed by atoms with Crippen molar-refractivity contribution in [2.75, 3.05) is 17.3 Å². The van der Waals surface area contributed by atoms with E-state index in [9.17, 15) is 4.57 Å². The van der Waals surface area contributed by atoms with Crippen LogP contribution >= 0.6 is 30.0 Å². The number of nitrogens with zero attached hydrogens (tertiary/aromatic N) is 6. The van der Waals surface area contributed by atoms with Gasteiger partial charge in [-0.3, -0.25) is 4.57 Å². The fraction of sp³-hybridized carbons (Fsp3) is 1.00. The van der Waals surface area contributed by atoms with Gasteiger partial charge in [0.1, 0.15) is 0 Å². The van der Waals surface area contributed by atoms with Gasteiger partial charge in [-0.1, -0.05) is 57.3 Å². The molecule has 4 radical (unpaired) electrons. The lowest BCUT2D eigenvalue weighted by Crippen LogP contribution is -2.13. The molecule has 0 heterocycles. The van der Waals surface area contributed by atoms with Gasteiger partial charge < -0.3 is 4.52 Å². The minimum Gasteiger partial charge on any atom is -0.326 e. The monoisotopic (exact) mass is 530 g/mol. The lowest BCUT2D eigenvalue weighted by molar-refractivity contribution is 0.244. The molecule has 0 aliphatic heterocycles. The molecule has 0 amide bonds. The van der Waals surface area contributed by atoms with Gasteiger partial charge in [0, 0.05) is 39.2 Å². The van der Waals surface area contributed by atoms with Crippen molar-refractivity contribution in [1.82, 2.24) is 0 Å². The SMILES string of the molecule is [B]C1CC(CCP(C)(=O)OC(C)C)C(N=[N+]=[N-])C1.[B]C1CC(CI)C(N=[N+]=[N-])C1. The van der Waals surface area contributed by atoms with Crippen LogP contribution in [0.25, 0.3) is 20.9 Å². The molecule has 0 saturated heterocycles. The summed E-state index contributed by atoms with van der Waals surface area (Å²) in [5, 5.41) is 7.51. The van der Waals surface area contributed by atoms with Crippen LogP contribution in [0.1, 0.15) is 46.0 Å². The van der Waals surface area contributed by atoms with Crippen molar-refractivity contribution >= 4 is 45.7 Å². The molecule has 158 valence electrons. The molecule has 0 bridgehead atoms. The van der Waals surface area contributed by atoms with E-state index in [1.165, 1.54) is 0 Å². The molecule has 0 spiro atoms. The zero-order chi connectivity index (χ0) is 22.0. The highest BCUT2D eigenvalue weighted by atomic mass is 127. The number of rotatable bonds is 8. The van der Waals surface area contributed by atoms with E-state index in [0.29, 0.717) is 12.1 Å². The molecule has 2 saturated carbocycles. The number of hydrogen-bond acceptors (Lipinski definition) is 4. The summed E-state index contributed by atoms with van der Waals surface area (Å²) in [4.78, 5) is 5.68. The average molecular weight is 530 g/mol. The van der Waals surface area contributed by atoms with Crippen LogP contribution in [0.5, 0.6) is 0 Å². The van der Waals surface area contributed by atoms with Gasteiger partial charge in [-0.15, -0.1) is 0 Å². The van der Waals surface area contributed by atoms with Crippen molar-refractivity contribution in [3.8, 4) is 0 Å². The molecule has 29 heavy (non-hydrogen) atoms. The van der Waals surface area contributed by atoms with Crippen LogP contribution < -0.4 is 0 Å². The zero-order valence-corrected chi connectivity index (χ0v) is 20.5. The van der Waals surface area contributed by atoms with Crippen LogP contribution in [-0.4, -0.2) is 51.1 Å². The molecule has 2 fully saturated rings. The fourth-order valence-electron chi connectivity index (χ4n) is 4.08. The normalized spacial score (nSPS) is 33.1. The second-order valence-electron chi connectivity index (χ2n) is 8.36. The summed E-state index contributed by atoms with van der Waals surface area (Å²) < 4.78 is 18.6. The summed E-state index contributed by atoms with van der Waals surface area (Å²) in [7, 11) is 9.08. The minimum atomic E-state index is -2.54. The van der Waals surface area contributed by atoms with Crippen molar-refractivity contribution in [2.45, 2.75) is 75.8 Å². The number of hydrogen-bond donors (Lipinski definition) is 0. The van der Waals surface area contributed by atoms with E-state index in [1.807, 2.05) is 13.8 Å². The molecule has 2 rings (SSSR count). The first-order chi connectivity index (χ1) is 13.6. The van der Waals surface area contributed by atoms with Crippen LogP contribution in [0.3, 0.4) is 0 Å². The molecule has 12 heteroatoms. The van der Waals surface area contributed by atoms with Gasteiger partial charge in [-0.05, 0) is 56.0 Å². The highest BCUT2D eigenvalue weighted by Gasteiger charge is 2.32. The Hall–Kier alpha value is -0.330. The van der Waals surface area contributed by atoms with Gasteiger partial charge in [0.25, 0.3) is 0 Å². The molecule has 8 nitrogen and oxygen atoms in total. The maximum atomic E-state index is 12.2. The van der Waals surface area contributed by atoms with Gasteiger partial charge in [-0.2, -0.15) is 0 Å². The third-order valence-corrected chi connectivity index (χ3v) is 8.40. The minimum absolute atomic E-state index is 0.0282. The number of halogens is 1. The smallest absolute Gasteiger partial charge is 0.200 e. The van der Waals surface area contributed by atoms with E-state index >= 15 is 0 Å². The Morgan fingerprint density at radius 3 is 2.00 bits per heavy atom. The van der Waals surface area contributed by atoms with Crippen LogP contribution in [0.2, 0.25) is 11.6 Å². The van der Waals surface area contributed by atoms with Gasteiger partial charge in [-0.25, -0.2) is 0 Å². The average Bonchev–Trinajstić information content (AvgIpc) is 3.15. The molecule has 0 N–H and O–H groups in total. The third-order valence-electron chi connectivity index (χ3n) is 5.33. The van der Waals surface area contributed by atoms with Crippen LogP contribution in [-0.2, 0) is 9.09 Å². The van der Waals surface area contributed by atoms with Crippen molar-refractivity contribution < 1.29 is 9.09 Å². The summed E-state index contributed by atoms with van der Waals surface area (Å²) >= 11 is 2.32. The van der Waals surface area contributed by atoms with Crippen molar-refractivity contribution in [2.24, 2.45) is 22.1 Å². The Morgan fingerprint density at radius 2 is 1.55 bits per heavy atom. The summed E-state index contributed by atoms with van der Waals surface area (Å²) in [5.41, 5.74) is 16.8. The Kier molecular flexibility index (Phi) is 12.1. The largest absolute Gasteiger partial charge is 0.326 e. The topological polar surface area (TPSA) is 124 Å². The molecule has 0 aromatic heterocycles. The standard InChI is InChI=1S/C11H21BN3O2P.C6H9BIN3/c1-8(2)17-18(3,16)5-4-9-6-10(12)7-11(9)14-15-13;7-5-1-4(3-8)6(2-5)10-11-9/h8-11H,4-7H2,1-3H3;4-6H,1-3H2. The van der Waals surface area contributed by atoms with E-state index in [2.05, 4.69) is 42.6 Å². The van der Waals surface area contributed by atoms with Gasteiger partial charge in [0.05, 0.1) is 21.8 Å². The first kappa shape index (κ1) is 26.7. The predicted molar refractivity (Wildman–Crippen MR) is 128 cm³/mol. The van der Waals surface area contributed by atoms with E-state index in [1.54, 1.807) is 6.66 Å². The molecule has 7 unspecified atom stereocenters. The summed E-state index contributed by atoms with van der Waals surface area (Å²) in [6.07, 6.45) is 4.68. The molecule has 0 aromatic rings. The highest BCUT2D eigenvalue weighted by molar-refractivity contribution is 14.1. The van der Waals surface area contributed by atoms with E-state index in [0.717, 1.165) is 36.5 Å². The van der Waals surface area contributed by atoms with E-state index in [4.69, 9.17) is 31.3 Å². The summed E-state index contributed by atoms with van der Waals surface area (Å²) in [5.74, 6) is 1.07.